The maximum absolute atomic E-state index is 9.45. The summed E-state index contributed by atoms with van der Waals surface area (Å²) in [5.41, 5.74) is 1.96. The first-order valence-electron chi connectivity index (χ1n) is 6.12. The van der Waals surface area contributed by atoms with Crippen LogP contribution in [0.1, 0.15) is 18.6 Å². The SMILES string of the molecule is C[C@H](O)c1ccc(Sc2cc3ccccc3[nH]2)nc1. The van der Waals surface area contributed by atoms with Crippen molar-refractivity contribution in [3.05, 3.63) is 54.2 Å². The van der Waals surface area contributed by atoms with Crippen LogP contribution in [0.4, 0.5) is 0 Å². The Hall–Kier alpha value is -1.78. The lowest BCUT2D eigenvalue weighted by atomic mass is 10.2. The highest BCUT2D eigenvalue weighted by Crippen LogP contribution is 2.28. The van der Waals surface area contributed by atoms with Crippen LogP contribution in [0.25, 0.3) is 10.9 Å². The molecule has 0 spiro atoms. The van der Waals surface area contributed by atoms with Crippen LogP contribution >= 0.6 is 11.8 Å². The number of pyridine rings is 1. The summed E-state index contributed by atoms with van der Waals surface area (Å²) < 4.78 is 0. The molecule has 0 amide bonds. The van der Waals surface area contributed by atoms with E-state index in [4.69, 9.17) is 0 Å². The van der Waals surface area contributed by atoms with Crippen molar-refractivity contribution in [3.63, 3.8) is 0 Å². The number of aliphatic hydroxyl groups is 1. The molecule has 0 aliphatic carbocycles. The summed E-state index contributed by atoms with van der Waals surface area (Å²) in [4.78, 5) is 7.70. The Balaban J connectivity index is 1.84. The van der Waals surface area contributed by atoms with E-state index >= 15 is 0 Å². The molecule has 3 nitrogen and oxygen atoms in total. The zero-order valence-corrected chi connectivity index (χ0v) is 11.3. The van der Waals surface area contributed by atoms with Crippen LogP contribution in [0.5, 0.6) is 0 Å². The van der Waals surface area contributed by atoms with Gasteiger partial charge in [0.25, 0.3) is 0 Å². The molecule has 1 atom stereocenters. The summed E-state index contributed by atoms with van der Waals surface area (Å²) in [5.74, 6) is 0. The number of para-hydroxylation sites is 1. The second kappa shape index (κ2) is 5.07. The lowest BCUT2D eigenvalue weighted by Gasteiger charge is -2.04. The largest absolute Gasteiger partial charge is 0.389 e. The minimum absolute atomic E-state index is 0.473. The number of fused-ring (bicyclic) bond motifs is 1. The van der Waals surface area contributed by atoms with Gasteiger partial charge in [-0.1, -0.05) is 36.0 Å². The predicted octanol–water partition coefficient (Wildman–Crippen LogP) is 3.77. The molecule has 96 valence electrons. The molecule has 3 aromatic rings. The van der Waals surface area contributed by atoms with Gasteiger partial charge in [0.1, 0.15) is 5.03 Å². The molecule has 1 aromatic carbocycles. The van der Waals surface area contributed by atoms with E-state index in [0.717, 1.165) is 21.1 Å². The summed E-state index contributed by atoms with van der Waals surface area (Å²) in [7, 11) is 0. The summed E-state index contributed by atoms with van der Waals surface area (Å²) in [6.45, 7) is 1.74. The Morgan fingerprint density at radius 1 is 1.21 bits per heavy atom. The Morgan fingerprint density at radius 3 is 2.74 bits per heavy atom. The van der Waals surface area contributed by atoms with E-state index in [1.165, 1.54) is 5.39 Å². The Kier molecular flexibility index (Phi) is 3.27. The fourth-order valence-electron chi connectivity index (χ4n) is 1.91. The van der Waals surface area contributed by atoms with Crippen molar-refractivity contribution in [2.75, 3.05) is 0 Å². The fourth-order valence-corrected chi connectivity index (χ4v) is 2.73. The first kappa shape index (κ1) is 12.3. The molecule has 4 heteroatoms. The van der Waals surface area contributed by atoms with Crippen LogP contribution in [0.15, 0.2) is 58.7 Å². The molecule has 0 radical (unpaired) electrons. The van der Waals surface area contributed by atoms with E-state index < -0.39 is 6.10 Å². The second-order valence-electron chi connectivity index (χ2n) is 4.43. The number of aromatic nitrogens is 2. The molecule has 0 bridgehead atoms. The Bertz CT molecular complexity index is 656. The zero-order chi connectivity index (χ0) is 13.2. The Labute approximate surface area is 115 Å². The molecule has 3 rings (SSSR count). The molecule has 0 saturated carbocycles. The average molecular weight is 270 g/mol. The maximum atomic E-state index is 9.45. The summed E-state index contributed by atoms with van der Waals surface area (Å²) in [6, 6.07) is 14.1. The van der Waals surface area contributed by atoms with Crippen molar-refractivity contribution in [2.24, 2.45) is 0 Å². The van der Waals surface area contributed by atoms with E-state index in [9.17, 15) is 5.11 Å². The van der Waals surface area contributed by atoms with Gasteiger partial charge in [-0.15, -0.1) is 0 Å². The van der Waals surface area contributed by atoms with Crippen LogP contribution in [-0.4, -0.2) is 15.1 Å². The highest BCUT2D eigenvalue weighted by atomic mass is 32.2. The number of nitrogens with one attached hydrogen (secondary N) is 1. The van der Waals surface area contributed by atoms with Crippen molar-refractivity contribution in [1.82, 2.24) is 9.97 Å². The van der Waals surface area contributed by atoms with Crippen molar-refractivity contribution in [2.45, 2.75) is 23.1 Å². The third-order valence-electron chi connectivity index (χ3n) is 2.96. The van der Waals surface area contributed by atoms with E-state index in [1.807, 2.05) is 24.3 Å². The van der Waals surface area contributed by atoms with Crippen molar-refractivity contribution < 1.29 is 5.11 Å². The molecule has 2 aromatic heterocycles. The molecule has 19 heavy (non-hydrogen) atoms. The van der Waals surface area contributed by atoms with Gasteiger partial charge in [-0.3, -0.25) is 0 Å². The van der Waals surface area contributed by atoms with E-state index in [-0.39, 0.29) is 0 Å². The minimum Gasteiger partial charge on any atom is -0.389 e. The number of aliphatic hydroxyl groups excluding tert-OH is 1. The van der Waals surface area contributed by atoms with Crippen molar-refractivity contribution >= 4 is 22.7 Å². The molecule has 0 aliphatic heterocycles. The monoisotopic (exact) mass is 270 g/mol. The van der Waals surface area contributed by atoms with Crippen LogP contribution in [-0.2, 0) is 0 Å². The molecule has 2 N–H and O–H groups in total. The minimum atomic E-state index is -0.473. The van der Waals surface area contributed by atoms with Crippen molar-refractivity contribution in [3.8, 4) is 0 Å². The van der Waals surface area contributed by atoms with Gasteiger partial charge >= 0.3 is 0 Å². The number of benzene rings is 1. The standard InChI is InChI=1S/C15H14N2OS/c1-10(18)12-6-7-14(16-9-12)19-15-8-11-4-2-3-5-13(11)17-15/h2-10,17-18H,1H3/t10-/m0/s1. The smallest absolute Gasteiger partial charge is 0.102 e. The van der Waals surface area contributed by atoms with Crippen molar-refractivity contribution in [1.29, 1.82) is 0 Å². The summed E-state index contributed by atoms with van der Waals surface area (Å²) in [6.07, 6.45) is 1.25. The fraction of sp³-hybridized carbons (Fsp3) is 0.133. The third-order valence-corrected chi connectivity index (χ3v) is 3.85. The highest BCUT2D eigenvalue weighted by molar-refractivity contribution is 7.99. The first-order chi connectivity index (χ1) is 9.22. The van der Waals surface area contributed by atoms with Gasteiger partial charge in [-0.2, -0.15) is 0 Å². The highest BCUT2D eigenvalue weighted by Gasteiger charge is 2.05. The molecule has 2 heterocycles. The molecule has 0 unspecified atom stereocenters. The topological polar surface area (TPSA) is 48.9 Å². The number of aromatic amines is 1. The van der Waals surface area contributed by atoms with Gasteiger partial charge in [-0.25, -0.2) is 4.98 Å². The summed E-state index contributed by atoms with van der Waals surface area (Å²) >= 11 is 1.59. The number of hydrogen-bond donors (Lipinski definition) is 2. The van der Waals surface area contributed by atoms with Crippen LogP contribution in [0.3, 0.4) is 0 Å². The van der Waals surface area contributed by atoms with Crippen LogP contribution in [0.2, 0.25) is 0 Å². The maximum Gasteiger partial charge on any atom is 0.102 e. The number of nitrogens with zero attached hydrogens (tertiary/aromatic N) is 1. The van der Waals surface area contributed by atoms with E-state index in [0.29, 0.717) is 0 Å². The van der Waals surface area contributed by atoms with Gasteiger partial charge in [0, 0.05) is 17.1 Å². The van der Waals surface area contributed by atoms with Crippen LogP contribution in [0, 0.1) is 0 Å². The third kappa shape index (κ3) is 2.64. The van der Waals surface area contributed by atoms with Gasteiger partial charge in [-0.05, 0) is 30.7 Å². The van der Waals surface area contributed by atoms with Gasteiger partial charge in [0.2, 0.25) is 0 Å². The lowest BCUT2D eigenvalue weighted by molar-refractivity contribution is 0.198. The van der Waals surface area contributed by atoms with Gasteiger partial charge < -0.3 is 10.1 Å². The predicted molar refractivity (Wildman–Crippen MR) is 77.3 cm³/mol. The lowest BCUT2D eigenvalue weighted by Crippen LogP contribution is -1.92. The average Bonchev–Trinajstić information content (AvgIpc) is 2.81. The number of hydrogen-bond acceptors (Lipinski definition) is 3. The normalized spacial score (nSPS) is 12.7. The number of rotatable bonds is 3. The molecule has 0 fully saturated rings. The zero-order valence-electron chi connectivity index (χ0n) is 10.5. The van der Waals surface area contributed by atoms with E-state index in [1.54, 1.807) is 24.9 Å². The molecule has 0 aliphatic rings. The quantitative estimate of drug-likeness (QED) is 0.761. The van der Waals surface area contributed by atoms with Gasteiger partial charge in [0.15, 0.2) is 0 Å². The Morgan fingerprint density at radius 2 is 2.05 bits per heavy atom. The molecule has 0 saturated heterocycles. The molecular weight excluding hydrogens is 256 g/mol. The van der Waals surface area contributed by atoms with E-state index in [2.05, 4.69) is 28.2 Å². The number of H-pyrrole nitrogens is 1. The first-order valence-corrected chi connectivity index (χ1v) is 6.93. The second-order valence-corrected chi connectivity index (χ2v) is 5.49. The van der Waals surface area contributed by atoms with Crippen LogP contribution < -0.4 is 0 Å². The van der Waals surface area contributed by atoms with Gasteiger partial charge in [0.05, 0.1) is 11.1 Å². The summed E-state index contributed by atoms with van der Waals surface area (Å²) in [5, 5.41) is 12.6. The molecular formula is C15H14N2OS.